The Balaban J connectivity index is 1.77. The molecule has 0 aliphatic carbocycles. The number of hydrogen-bond acceptors (Lipinski definition) is 4. The molecule has 0 saturated heterocycles. The minimum atomic E-state index is -0.161. The van der Waals surface area contributed by atoms with Crippen molar-refractivity contribution in [2.24, 2.45) is 0 Å². The van der Waals surface area contributed by atoms with Crippen molar-refractivity contribution < 1.29 is 4.79 Å². The molecule has 3 aromatic rings. The fraction of sp³-hybridized carbons (Fsp3) is 0.143. The normalized spacial score (nSPS) is 10.8. The van der Waals surface area contributed by atoms with Crippen molar-refractivity contribution in [3.05, 3.63) is 46.0 Å². The smallest absolute Gasteiger partial charge is 0.268 e. The third-order valence-corrected chi connectivity index (χ3v) is 3.85. The zero-order chi connectivity index (χ0) is 14.1. The molecule has 0 spiro atoms. The second kappa shape index (κ2) is 4.97. The molecule has 0 aliphatic heterocycles. The number of nitrogens with one attached hydrogen (secondary N) is 2. The Kier molecular flexibility index (Phi) is 3.15. The quantitative estimate of drug-likeness (QED) is 0.647. The monoisotopic (exact) mass is 286 g/mol. The Morgan fingerprint density at radius 3 is 3.05 bits per heavy atom. The van der Waals surface area contributed by atoms with E-state index < -0.39 is 0 Å². The van der Waals surface area contributed by atoms with Crippen LogP contribution >= 0.6 is 11.3 Å². The van der Waals surface area contributed by atoms with Crippen LogP contribution in [0, 0.1) is 6.92 Å². The van der Waals surface area contributed by atoms with Gasteiger partial charge in [-0.15, -0.1) is 11.3 Å². The second-order valence-corrected chi connectivity index (χ2v) is 5.60. The number of carbonyl (C=O) groups is 1. The van der Waals surface area contributed by atoms with Gasteiger partial charge in [0, 0.05) is 10.8 Å². The number of hydrogen-bond donors (Lipinski definition) is 3. The number of aryl methyl sites for hydroxylation is 1. The summed E-state index contributed by atoms with van der Waals surface area (Å²) in [7, 11) is 0. The number of aromatic nitrogens is 2. The van der Waals surface area contributed by atoms with Gasteiger partial charge in [0.1, 0.15) is 5.69 Å². The first kappa shape index (κ1) is 12.7. The molecule has 20 heavy (non-hydrogen) atoms. The molecule has 0 atom stereocenters. The lowest BCUT2D eigenvalue weighted by Crippen LogP contribution is -2.23. The summed E-state index contributed by atoms with van der Waals surface area (Å²) in [5.74, 6) is -0.161. The summed E-state index contributed by atoms with van der Waals surface area (Å²) in [6.45, 7) is 2.37. The van der Waals surface area contributed by atoms with E-state index in [1.807, 2.05) is 24.4 Å². The summed E-state index contributed by atoms with van der Waals surface area (Å²) in [4.78, 5) is 19.5. The lowest BCUT2D eigenvalue weighted by molar-refractivity contribution is 0.0946. The molecule has 6 heteroatoms. The summed E-state index contributed by atoms with van der Waals surface area (Å²) < 4.78 is 0. The van der Waals surface area contributed by atoms with Gasteiger partial charge in [0.15, 0.2) is 0 Å². The van der Waals surface area contributed by atoms with Crippen LogP contribution in [-0.4, -0.2) is 15.9 Å². The summed E-state index contributed by atoms with van der Waals surface area (Å²) in [6, 6.07) is 7.39. The van der Waals surface area contributed by atoms with E-state index in [1.165, 1.54) is 0 Å². The first-order chi connectivity index (χ1) is 9.63. The summed E-state index contributed by atoms with van der Waals surface area (Å²) >= 11 is 1.57. The van der Waals surface area contributed by atoms with Crippen LogP contribution < -0.4 is 11.1 Å². The number of nitrogen functional groups attached to an aromatic ring is 1. The molecule has 0 radical (unpaired) electrons. The molecule has 3 rings (SSSR count). The van der Waals surface area contributed by atoms with Crippen LogP contribution in [0.4, 0.5) is 5.69 Å². The maximum absolute atomic E-state index is 12.1. The van der Waals surface area contributed by atoms with Crippen molar-refractivity contribution in [3.63, 3.8) is 0 Å². The molecule has 1 aromatic carbocycles. The van der Waals surface area contributed by atoms with Crippen LogP contribution in [0.15, 0.2) is 29.6 Å². The summed E-state index contributed by atoms with van der Waals surface area (Å²) in [6.07, 6.45) is 0. The Morgan fingerprint density at radius 2 is 2.35 bits per heavy atom. The van der Waals surface area contributed by atoms with Crippen molar-refractivity contribution in [3.8, 4) is 0 Å². The molecule has 5 nitrogen and oxygen atoms in total. The van der Waals surface area contributed by atoms with Gasteiger partial charge in [0.05, 0.1) is 28.5 Å². The summed E-state index contributed by atoms with van der Waals surface area (Å²) in [5, 5.41) is 6.71. The third kappa shape index (κ3) is 2.37. The molecule has 0 unspecified atom stereocenters. The number of carbonyl (C=O) groups excluding carboxylic acids is 1. The van der Waals surface area contributed by atoms with Gasteiger partial charge in [0.2, 0.25) is 0 Å². The van der Waals surface area contributed by atoms with Gasteiger partial charge >= 0.3 is 0 Å². The van der Waals surface area contributed by atoms with Gasteiger partial charge in [0.25, 0.3) is 5.91 Å². The third-order valence-electron chi connectivity index (χ3n) is 3.03. The highest BCUT2D eigenvalue weighted by atomic mass is 32.1. The fourth-order valence-electron chi connectivity index (χ4n) is 2.06. The molecule has 0 bridgehead atoms. The average molecular weight is 286 g/mol. The number of fused-ring (bicyclic) bond motifs is 1. The van der Waals surface area contributed by atoms with E-state index >= 15 is 0 Å². The molecule has 0 fully saturated rings. The zero-order valence-corrected chi connectivity index (χ0v) is 11.8. The SMILES string of the molecule is Cc1nc(CNC(=O)c2cc3cccc(N)c3[nH]2)cs1. The minimum Gasteiger partial charge on any atom is -0.397 e. The molecule has 2 heterocycles. The highest BCUT2D eigenvalue weighted by molar-refractivity contribution is 7.09. The molecule has 2 aromatic heterocycles. The van der Waals surface area contributed by atoms with Gasteiger partial charge in [-0.25, -0.2) is 4.98 Å². The van der Waals surface area contributed by atoms with Crippen LogP contribution in [0.1, 0.15) is 21.2 Å². The fourth-order valence-corrected chi connectivity index (χ4v) is 2.67. The van der Waals surface area contributed by atoms with Crippen LogP contribution in [0.5, 0.6) is 0 Å². The number of anilines is 1. The van der Waals surface area contributed by atoms with E-state index in [0.717, 1.165) is 21.6 Å². The Bertz CT molecular complexity index is 774. The predicted octanol–water partition coefficient (Wildman–Crippen LogP) is 2.45. The lowest BCUT2D eigenvalue weighted by Gasteiger charge is -2.00. The average Bonchev–Trinajstić information content (AvgIpc) is 3.03. The number of amides is 1. The van der Waals surface area contributed by atoms with Gasteiger partial charge in [-0.2, -0.15) is 0 Å². The van der Waals surface area contributed by atoms with E-state index in [0.29, 0.717) is 17.9 Å². The number of nitrogens with zero attached hydrogens (tertiary/aromatic N) is 1. The van der Waals surface area contributed by atoms with Crippen molar-refractivity contribution in [1.82, 2.24) is 15.3 Å². The maximum Gasteiger partial charge on any atom is 0.268 e. The van der Waals surface area contributed by atoms with Gasteiger partial charge in [-0.05, 0) is 19.1 Å². The van der Waals surface area contributed by atoms with E-state index in [9.17, 15) is 4.79 Å². The topological polar surface area (TPSA) is 83.8 Å². The maximum atomic E-state index is 12.1. The van der Waals surface area contributed by atoms with Crippen LogP contribution in [-0.2, 0) is 6.54 Å². The van der Waals surface area contributed by atoms with Crippen molar-refractivity contribution in [1.29, 1.82) is 0 Å². The van der Waals surface area contributed by atoms with E-state index in [2.05, 4.69) is 15.3 Å². The van der Waals surface area contributed by atoms with Crippen molar-refractivity contribution >= 4 is 33.8 Å². The van der Waals surface area contributed by atoms with Gasteiger partial charge < -0.3 is 16.0 Å². The Morgan fingerprint density at radius 1 is 1.50 bits per heavy atom. The molecule has 0 aliphatic rings. The van der Waals surface area contributed by atoms with Gasteiger partial charge in [-0.1, -0.05) is 12.1 Å². The van der Waals surface area contributed by atoms with E-state index in [4.69, 9.17) is 5.73 Å². The number of aromatic amines is 1. The van der Waals surface area contributed by atoms with Crippen molar-refractivity contribution in [2.75, 3.05) is 5.73 Å². The van der Waals surface area contributed by atoms with Crippen LogP contribution in [0.2, 0.25) is 0 Å². The molecular formula is C14H14N4OS. The Hall–Kier alpha value is -2.34. The first-order valence-electron chi connectivity index (χ1n) is 6.20. The number of para-hydroxylation sites is 1. The number of H-pyrrole nitrogens is 1. The number of thiazole rings is 1. The highest BCUT2D eigenvalue weighted by Crippen LogP contribution is 2.21. The minimum absolute atomic E-state index is 0.161. The standard InChI is InChI=1S/C14H14N4OS/c1-8-17-10(7-20-8)6-16-14(19)12-5-9-3-2-4-11(15)13(9)18-12/h2-5,7,18H,6,15H2,1H3,(H,16,19). The first-order valence-corrected chi connectivity index (χ1v) is 7.08. The highest BCUT2D eigenvalue weighted by Gasteiger charge is 2.11. The molecule has 102 valence electrons. The predicted molar refractivity (Wildman–Crippen MR) is 80.7 cm³/mol. The van der Waals surface area contributed by atoms with E-state index in [1.54, 1.807) is 23.5 Å². The van der Waals surface area contributed by atoms with Crippen LogP contribution in [0.3, 0.4) is 0 Å². The largest absolute Gasteiger partial charge is 0.397 e. The van der Waals surface area contributed by atoms with E-state index in [-0.39, 0.29) is 5.91 Å². The summed E-state index contributed by atoms with van der Waals surface area (Å²) in [5.41, 5.74) is 8.67. The zero-order valence-electron chi connectivity index (χ0n) is 10.9. The van der Waals surface area contributed by atoms with Gasteiger partial charge in [-0.3, -0.25) is 4.79 Å². The number of benzene rings is 1. The Labute approximate surface area is 119 Å². The molecule has 4 N–H and O–H groups in total. The molecule has 1 amide bonds. The van der Waals surface area contributed by atoms with Crippen molar-refractivity contribution in [2.45, 2.75) is 13.5 Å². The lowest BCUT2D eigenvalue weighted by atomic mass is 10.2. The molecule has 0 saturated carbocycles. The second-order valence-electron chi connectivity index (χ2n) is 4.54. The molecular weight excluding hydrogens is 272 g/mol. The number of rotatable bonds is 3. The number of nitrogens with two attached hydrogens (primary N) is 1. The van der Waals surface area contributed by atoms with Crippen LogP contribution in [0.25, 0.3) is 10.9 Å².